The standard InChI is InChI=1S/C13H7FI3NO3/c14-12-7(2-1-3-11(12)18(19)20)6-21-13-9(16)4-8(15)5-10(13)17/h1-5H,6H2. The quantitative estimate of drug-likeness (QED) is 0.270. The Balaban J connectivity index is 2.25. The lowest BCUT2D eigenvalue weighted by molar-refractivity contribution is -0.387. The van der Waals surface area contributed by atoms with Crippen LogP contribution in [0.5, 0.6) is 5.75 Å². The maximum absolute atomic E-state index is 14.0. The number of nitro groups is 1. The normalized spacial score (nSPS) is 10.5. The molecular weight excluding hydrogens is 618 g/mol. The highest BCUT2D eigenvalue weighted by Crippen LogP contribution is 2.31. The summed E-state index contributed by atoms with van der Waals surface area (Å²) in [6.45, 7) is -0.0554. The Hall–Kier alpha value is -0.240. The van der Waals surface area contributed by atoms with Crippen LogP contribution in [-0.2, 0) is 6.61 Å². The fourth-order valence-corrected chi connectivity index (χ4v) is 5.53. The molecule has 0 aromatic heterocycles. The minimum atomic E-state index is -0.849. The lowest BCUT2D eigenvalue weighted by atomic mass is 10.2. The van der Waals surface area contributed by atoms with Gasteiger partial charge in [-0.2, -0.15) is 4.39 Å². The lowest BCUT2D eigenvalue weighted by Crippen LogP contribution is -2.03. The Kier molecular flexibility index (Phi) is 5.99. The molecule has 2 aromatic carbocycles. The second-order valence-corrected chi connectivity index (χ2v) is 7.56. The van der Waals surface area contributed by atoms with Gasteiger partial charge in [0.2, 0.25) is 5.82 Å². The Morgan fingerprint density at radius 2 is 1.81 bits per heavy atom. The summed E-state index contributed by atoms with van der Waals surface area (Å²) in [6.07, 6.45) is 0. The van der Waals surface area contributed by atoms with Crippen LogP contribution >= 0.6 is 67.8 Å². The minimum Gasteiger partial charge on any atom is -0.487 e. The van der Waals surface area contributed by atoms with Crippen molar-refractivity contribution in [1.82, 2.24) is 0 Å². The first-order valence-corrected chi connectivity index (χ1v) is 8.83. The number of halogens is 4. The Morgan fingerprint density at radius 1 is 1.19 bits per heavy atom. The monoisotopic (exact) mass is 625 g/mol. The van der Waals surface area contributed by atoms with Crippen LogP contribution in [0, 0.1) is 26.6 Å². The van der Waals surface area contributed by atoms with Crippen LogP contribution in [0.3, 0.4) is 0 Å². The van der Waals surface area contributed by atoms with Gasteiger partial charge in [-0.25, -0.2) is 0 Å². The van der Waals surface area contributed by atoms with Gasteiger partial charge in [-0.1, -0.05) is 12.1 Å². The van der Waals surface area contributed by atoms with Crippen LogP contribution in [0.1, 0.15) is 5.56 Å². The molecule has 0 aliphatic heterocycles. The predicted molar refractivity (Wildman–Crippen MR) is 102 cm³/mol. The molecule has 0 bridgehead atoms. The van der Waals surface area contributed by atoms with Crippen molar-refractivity contribution >= 4 is 73.5 Å². The molecule has 0 saturated heterocycles. The van der Waals surface area contributed by atoms with E-state index in [0.717, 1.165) is 16.8 Å². The fraction of sp³-hybridized carbons (Fsp3) is 0.0769. The summed E-state index contributed by atoms with van der Waals surface area (Å²) in [7, 11) is 0. The smallest absolute Gasteiger partial charge is 0.305 e. The van der Waals surface area contributed by atoms with E-state index in [1.807, 2.05) is 12.1 Å². The molecule has 110 valence electrons. The highest BCUT2D eigenvalue weighted by Gasteiger charge is 2.18. The third-order valence-electron chi connectivity index (χ3n) is 2.59. The van der Waals surface area contributed by atoms with Crippen molar-refractivity contribution in [2.45, 2.75) is 6.61 Å². The molecule has 21 heavy (non-hydrogen) atoms. The molecule has 4 nitrogen and oxygen atoms in total. The summed E-state index contributed by atoms with van der Waals surface area (Å²) >= 11 is 6.49. The zero-order valence-corrected chi connectivity index (χ0v) is 16.8. The van der Waals surface area contributed by atoms with Gasteiger partial charge in [-0.15, -0.1) is 0 Å². The van der Waals surface area contributed by atoms with Crippen LogP contribution < -0.4 is 4.74 Å². The van der Waals surface area contributed by atoms with E-state index in [4.69, 9.17) is 4.74 Å². The molecule has 0 heterocycles. The summed E-state index contributed by atoms with van der Waals surface area (Å²) in [6, 6.07) is 7.96. The van der Waals surface area contributed by atoms with Crippen molar-refractivity contribution in [1.29, 1.82) is 0 Å². The first kappa shape index (κ1) is 17.1. The molecule has 0 aliphatic carbocycles. The van der Waals surface area contributed by atoms with Crippen molar-refractivity contribution in [2.24, 2.45) is 0 Å². The van der Waals surface area contributed by atoms with Gasteiger partial charge < -0.3 is 4.74 Å². The molecule has 0 amide bonds. The molecule has 0 spiro atoms. The van der Waals surface area contributed by atoms with E-state index in [1.165, 1.54) is 12.1 Å². The summed E-state index contributed by atoms with van der Waals surface area (Å²) in [4.78, 5) is 9.98. The number of hydrogen-bond acceptors (Lipinski definition) is 3. The maximum Gasteiger partial charge on any atom is 0.305 e. The van der Waals surface area contributed by atoms with Gasteiger partial charge in [0.1, 0.15) is 12.4 Å². The van der Waals surface area contributed by atoms with E-state index < -0.39 is 16.4 Å². The van der Waals surface area contributed by atoms with E-state index in [1.54, 1.807) is 0 Å². The van der Waals surface area contributed by atoms with Gasteiger partial charge in [0.25, 0.3) is 0 Å². The first-order valence-electron chi connectivity index (χ1n) is 5.59. The van der Waals surface area contributed by atoms with Crippen LogP contribution in [0.15, 0.2) is 30.3 Å². The van der Waals surface area contributed by atoms with Gasteiger partial charge >= 0.3 is 5.69 Å². The van der Waals surface area contributed by atoms with Crippen molar-refractivity contribution in [3.8, 4) is 5.75 Å². The molecule has 0 N–H and O–H groups in total. The predicted octanol–water partition coefficient (Wildman–Crippen LogP) is 5.13. The van der Waals surface area contributed by atoms with Gasteiger partial charge in [0.15, 0.2) is 0 Å². The lowest BCUT2D eigenvalue weighted by Gasteiger charge is -2.11. The summed E-state index contributed by atoms with van der Waals surface area (Å²) < 4.78 is 22.5. The SMILES string of the molecule is O=[N+]([O-])c1cccc(COc2c(I)cc(I)cc2I)c1F. The zero-order valence-electron chi connectivity index (χ0n) is 10.3. The average molecular weight is 625 g/mol. The molecule has 0 atom stereocenters. The minimum absolute atomic E-state index is 0.0554. The second-order valence-electron chi connectivity index (χ2n) is 3.99. The van der Waals surface area contributed by atoms with Gasteiger partial charge in [-0.05, 0) is 79.9 Å². The molecular formula is C13H7FI3NO3. The fourth-order valence-electron chi connectivity index (χ4n) is 1.64. The molecule has 0 fully saturated rings. The number of benzene rings is 2. The Bertz CT molecular complexity index is 686. The number of hydrogen-bond donors (Lipinski definition) is 0. The number of nitrogens with zero attached hydrogens (tertiary/aromatic N) is 1. The molecule has 0 aliphatic rings. The third-order valence-corrected chi connectivity index (χ3v) is 4.82. The molecule has 8 heteroatoms. The molecule has 0 saturated carbocycles. The Morgan fingerprint density at radius 3 is 2.38 bits per heavy atom. The van der Waals surface area contributed by atoms with Gasteiger partial charge in [0, 0.05) is 15.2 Å². The Labute approximate surface area is 161 Å². The molecule has 2 rings (SSSR count). The summed E-state index contributed by atoms with van der Waals surface area (Å²) in [5.74, 6) is -0.194. The van der Waals surface area contributed by atoms with Crippen LogP contribution in [0.2, 0.25) is 0 Å². The highest BCUT2D eigenvalue weighted by molar-refractivity contribution is 14.1. The maximum atomic E-state index is 14.0. The van der Waals surface area contributed by atoms with Crippen molar-refractivity contribution < 1.29 is 14.1 Å². The third kappa shape index (κ3) is 4.15. The molecule has 0 unspecified atom stereocenters. The van der Waals surface area contributed by atoms with Crippen molar-refractivity contribution in [2.75, 3.05) is 0 Å². The van der Waals surface area contributed by atoms with E-state index in [0.29, 0.717) is 5.75 Å². The van der Waals surface area contributed by atoms with Crippen molar-refractivity contribution in [3.63, 3.8) is 0 Å². The van der Waals surface area contributed by atoms with E-state index in [-0.39, 0.29) is 12.2 Å². The topological polar surface area (TPSA) is 52.4 Å². The number of nitro benzene ring substituents is 1. The first-order chi connectivity index (χ1) is 9.90. The van der Waals surface area contributed by atoms with E-state index in [9.17, 15) is 14.5 Å². The summed E-state index contributed by atoms with van der Waals surface area (Å²) in [5.41, 5.74) is -0.377. The zero-order chi connectivity index (χ0) is 15.6. The largest absolute Gasteiger partial charge is 0.487 e. The number of ether oxygens (including phenoxy) is 1. The van der Waals surface area contributed by atoms with Gasteiger partial charge in [0.05, 0.1) is 12.1 Å². The van der Waals surface area contributed by atoms with Crippen LogP contribution in [0.4, 0.5) is 10.1 Å². The molecule has 0 radical (unpaired) electrons. The number of rotatable bonds is 4. The van der Waals surface area contributed by atoms with E-state index >= 15 is 0 Å². The van der Waals surface area contributed by atoms with Crippen LogP contribution in [0.25, 0.3) is 0 Å². The second kappa shape index (κ2) is 7.35. The van der Waals surface area contributed by atoms with Crippen molar-refractivity contribution in [3.05, 3.63) is 62.5 Å². The molecule has 2 aromatic rings. The highest BCUT2D eigenvalue weighted by atomic mass is 127. The summed E-state index contributed by atoms with van der Waals surface area (Å²) in [5, 5.41) is 10.7. The van der Waals surface area contributed by atoms with Crippen LogP contribution in [-0.4, -0.2) is 4.92 Å². The van der Waals surface area contributed by atoms with E-state index in [2.05, 4.69) is 67.8 Å². The average Bonchev–Trinajstić information content (AvgIpc) is 2.38. The van der Waals surface area contributed by atoms with Gasteiger partial charge in [-0.3, -0.25) is 10.1 Å².